The predicted octanol–water partition coefficient (Wildman–Crippen LogP) is 3.50. The molecule has 102 valence electrons. The molecule has 0 aliphatic carbocycles. The Labute approximate surface area is 119 Å². The minimum absolute atomic E-state index is 0.509. The molecular formula is C15H20ClN3. The highest BCUT2D eigenvalue weighted by molar-refractivity contribution is 6.32. The summed E-state index contributed by atoms with van der Waals surface area (Å²) < 4.78 is 0. The van der Waals surface area contributed by atoms with Crippen LogP contribution in [0.1, 0.15) is 25.3 Å². The molecule has 2 N–H and O–H groups in total. The summed E-state index contributed by atoms with van der Waals surface area (Å²) in [5, 5.41) is 11.8. The predicted molar refractivity (Wildman–Crippen MR) is 82.1 cm³/mol. The summed E-state index contributed by atoms with van der Waals surface area (Å²) in [5.74, 6) is 0.509. The van der Waals surface area contributed by atoms with Gasteiger partial charge in [0, 0.05) is 24.9 Å². The molecule has 0 atom stereocenters. The molecule has 1 aromatic rings. The molecule has 0 spiro atoms. The van der Waals surface area contributed by atoms with Crippen molar-refractivity contribution in [3.63, 3.8) is 0 Å². The van der Waals surface area contributed by atoms with Gasteiger partial charge < -0.3 is 10.2 Å². The van der Waals surface area contributed by atoms with Gasteiger partial charge in [0.05, 0.1) is 0 Å². The monoisotopic (exact) mass is 277 g/mol. The number of nitrogens with zero attached hydrogens (tertiary/aromatic N) is 1. The van der Waals surface area contributed by atoms with Gasteiger partial charge in [-0.3, -0.25) is 5.41 Å². The molecule has 19 heavy (non-hydrogen) atoms. The van der Waals surface area contributed by atoms with Crippen LogP contribution in [0.15, 0.2) is 35.0 Å². The van der Waals surface area contributed by atoms with Gasteiger partial charge >= 0.3 is 0 Å². The van der Waals surface area contributed by atoms with Gasteiger partial charge in [-0.15, -0.1) is 0 Å². The summed E-state index contributed by atoms with van der Waals surface area (Å²) >= 11 is 6.14. The highest BCUT2D eigenvalue weighted by Crippen LogP contribution is 2.26. The summed E-state index contributed by atoms with van der Waals surface area (Å²) in [7, 11) is 1.79. The van der Waals surface area contributed by atoms with Crippen LogP contribution in [0.3, 0.4) is 0 Å². The van der Waals surface area contributed by atoms with E-state index >= 15 is 0 Å². The maximum atomic E-state index is 8.32. The standard InChI is InChI=1S/C15H20ClN3/c1-3-11-6-8-12(9-7-11)19-10-4-5-13(15(19)17)14(16)18-2/h6-9,17-18H,3-5,10H2,1-2H3/b14-13-,17-15?. The van der Waals surface area contributed by atoms with Crippen LogP contribution in [0.5, 0.6) is 0 Å². The van der Waals surface area contributed by atoms with E-state index in [1.165, 1.54) is 5.56 Å². The minimum Gasteiger partial charge on any atom is -0.379 e. The maximum Gasteiger partial charge on any atom is 0.131 e. The van der Waals surface area contributed by atoms with E-state index in [4.69, 9.17) is 17.0 Å². The Bertz CT molecular complexity index is 491. The second-order valence-electron chi connectivity index (χ2n) is 4.67. The third-order valence-corrected chi connectivity index (χ3v) is 3.92. The molecule has 4 heteroatoms. The highest BCUT2D eigenvalue weighted by atomic mass is 35.5. The zero-order valence-corrected chi connectivity index (χ0v) is 12.2. The third kappa shape index (κ3) is 2.92. The van der Waals surface area contributed by atoms with Crippen LogP contribution < -0.4 is 10.2 Å². The minimum atomic E-state index is 0.509. The van der Waals surface area contributed by atoms with Crippen molar-refractivity contribution in [2.45, 2.75) is 26.2 Å². The number of piperidine rings is 1. The molecule has 1 aliphatic heterocycles. The van der Waals surface area contributed by atoms with Gasteiger partial charge in [-0.1, -0.05) is 30.7 Å². The van der Waals surface area contributed by atoms with Crippen LogP contribution in [0.25, 0.3) is 0 Å². The lowest BCUT2D eigenvalue weighted by molar-refractivity contribution is 0.774. The van der Waals surface area contributed by atoms with Gasteiger partial charge in [0.15, 0.2) is 0 Å². The number of hydrogen-bond acceptors (Lipinski definition) is 2. The first-order valence-electron chi connectivity index (χ1n) is 6.69. The summed E-state index contributed by atoms with van der Waals surface area (Å²) in [4.78, 5) is 2.03. The number of benzene rings is 1. The SMILES string of the molecule is CCc1ccc(N2CCC/C(=C(\Cl)NC)C2=N)cc1. The van der Waals surface area contributed by atoms with Crippen molar-refractivity contribution in [2.24, 2.45) is 0 Å². The number of amidine groups is 1. The van der Waals surface area contributed by atoms with Gasteiger partial charge in [-0.05, 0) is 37.0 Å². The van der Waals surface area contributed by atoms with E-state index in [1.54, 1.807) is 7.05 Å². The quantitative estimate of drug-likeness (QED) is 0.830. The van der Waals surface area contributed by atoms with Crippen molar-refractivity contribution < 1.29 is 0 Å². The smallest absolute Gasteiger partial charge is 0.131 e. The lowest BCUT2D eigenvalue weighted by atomic mass is 10.0. The average Bonchev–Trinajstić information content (AvgIpc) is 2.47. The fraction of sp³-hybridized carbons (Fsp3) is 0.400. The van der Waals surface area contributed by atoms with Crippen molar-refractivity contribution >= 4 is 23.1 Å². The second kappa shape index (κ2) is 6.11. The normalized spacial score (nSPS) is 18.5. The van der Waals surface area contributed by atoms with E-state index in [2.05, 4.69) is 36.5 Å². The Morgan fingerprint density at radius 3 is 2.63 bits per heavy atom. The molecule has 0 amide bonds. The summed E-state index contributed by atoms with van der Waals surface area (Å²) in [5.41, 5.74) is 3.28. The molecule has 2 rings (SSSR count). The zero-order chi connectivity index (χ0) is 13.8. The summed E-state index contributed by atoms with van der Waals surface area (Å²) in [6, 6.07) is 8.42. The van der Waals surface area contributed by atoms with Crippen LogP contribution in [0.2, 0.25) is 0 Å². The van der Waals surface area contributed by atoms with Gasteiger partial charge in [0.1, 0.15) is 11.0 Å². The molecular weight excluding hydrogens is 258 g/mol. The topological polar surface area (TPSA) is 39.1 Å². The molecule has 0 radical (unpaired) electrons. The highest BCUT2D eigenvalue weighted by Gasteiger charge is 2.23. The van der Waals surface area contributed by atoms with Gasteiger partial charge in [0.2, 0.25) is 0 Å². The second-order valence-corrected chi connectivity index (χ2v) is 5.04. The number of nitrogens with one attached hydrogen (secondary N) is 2. The van der Waals surface area contributed by atoms with Crippen molar-refractivity contribution in [3.05, 3.63) is 40.6 Å². The molecule has 0 unspecified atom stereocenters. The Hall–Kier alpha value is -1.48. The van der Waals surface area contributed by atoms with Gasteiger partial charge in [-0.2, -0.15) is 0 Å². The van der Waals surface area contributed by atoms with E-state index in [-0.39, 0.29) is 0 Å². The van der Waals surface area contributed by atoms with E-state index < -0.39 is 0 Å². The molecule has 0 bridgehead atoms. The lowest BCUT2D eigenvalue weighted by Gasteiger charge is -2.31. The Morgan fingerprint density at radius 2 is 2.05 bits per heavy atom. The number of anilines is 1. The number of halogens is 1. The van der Waals surface area contributed by atoms with Crippen molar-refractivity contribution in [1.29, 1.82) is 5.41 Å². The summed E-state index contributed by atoms with van der Waals surface area (Å²) in [6.45, 7) is 3.02. The van der Waals surface area contributed by atoms with Gasteiger partial charge in [0.25, 0.3) is 0 Å². The first-order valence-corrected chi connectivity index (χ1v) is 7.07. The van der Waals surface area contributed by atoms with E-state index in [9.17, 15) is 0 Å². The molecule has 1 aliphatic rings. The number of aryl methyl sites for hydroxylation is 1. The van der Waals surface area contributed by atoms with Crippen molar-refractivity contribution in [1.82, 2.24) is 5.32 Å². The van der Waals surface area contributed by atoms with Gasteiger partial charge in [-0.25, -0.2) is 0 Å². The maximum absolute atomic E-state index is 8.32. The first kappa shape index (κ1) is 13.9. The molecule has 1 aromatic carbocycles. The molecule has 3 nitrogen and oxygen atoms in total. The zero-order valence-electron chi connectivity index (χ0n) is 11.5. The van der Waals surface area contributed by atoms with Crippen LogP contribution in [-0.2, 0) is 6.42 Å². The Morgan fingerprint density at radius 1 is 1.37 bits per heavy atom. The fourth-order valence-electron chi connectivity index (χ4n) is 2.34. The summed E-state index contributed by atoms with van der Waals surface area (Å²) in [6.07, 6.45) is 2.92. The molecule has 1 fully saturated rings. The largest absolute Gasteiger partial charge is 0.379 e. The number of rotatable bonds is 3. The molecule has 1 heterocycles. The van der Waals surface area contributed by atoms with E-state index in [0.29, 0.717) is 11.0 Å². The van der Waals surface area contributed by atoms with E-state index in [0.717, 1.165) is 37.1 Å². The third-order valence-electron chi connectivity index (χ3n) is 3.50. The first-order chi connectivity index (χ1) is 9.17. The number of hydrogen-bond donors (Lipinski definition) is 2. The van der Waals surface area contributed by atoms with Crippen LogP contribution in [0, 0.1) is 5.41 Å². The fourth-order valence-corrected chi connectivity index (χ4v) is 2.53. The lowest BCUT2D eigenvalue weighted by Crippen LogP contribution is -2.37. The Balaban J connectivity index is 2.26. The van der Waals surface area contributed by atoms with Crippen molar-refractivity contribution in [3.8, 4) is 0 Å². The van der Waals surface area contributed by atoms with E-state index in [1.807, 2.05) is 4.90 Å². The molecule has 0 aromatic heterocycles. The molecule has 0 saturated carbocycles. The van der Waals surface area contributed by atoms with Crippen LogP contribution >= 0.6 is 11.6 Å². The Kier molecular flexibility index (Phi) is 4.48. The molecule has 1 saturated heterocycles. The van der Waals surface area contributed by atoms with Crippen LogP contribution in [0.4, 0.5) is 5.69 Å². The van der Waals surface area contributed by atoms with Crippen LogP contribution in [-0.4, -0.2) is 19.4 Å². The van der Waals surface area contributed by atoms with Crippen molar-refractivity contribution in [2.75, 3.05) is 18.5 Å². The average molecular weight is 278 g/mol.